The molecule has 0 fully saturated rings. The maximum Gasteiger partial charge on any atom is 0.274 e. The molecule has 13 heavy (non-hydrogen) atoms. The molecule has 0 aliphatic heterocycles. The van der Waals surface area contributed by atoms with Crippen molar-refractivity contribution >= 4 is 17.3 Å². The van der Waals surface area contributed by atoms with Crippen LogP contribution in [-0.4, -0.2) is 16.5 Å². The molecular formula is C7H8ClN3O2. The number of halogens is 1. The standard InChI is InChI=1S/C7H8ClN3O2/c8-7-4-6(11(12)13)3-5(10-7)1-2-9/h3-4H,1-2,9H2. The van der Waals surface area contributed by atoms with Crippen molar-refractivity contribution in [3.63, 3.8) is 0 Å². The van der Waals surface area contributed by atoms with Gasteiger partial charge in [0.25, 0.3) is 5.69 Å². The lowest BCUT2D eigenvalue weighted by Gasteiger charge is -1.98. The third kappa shape index (κ3) is 2.64. The van der Waals surface area contributed by atoms with Crippen molar-refractivity contribution in [3.05, 3.63) is 33.1 Å². The molecule has 2 N–H and O–H groups in total. The molecule has 1 rings (SSSR count). The predicted octanol–water partition coefficient (Wildman–Crippen LogP) is 1.14. The van der Waals surface area contributed by atoms with Gasteiger partial charge in [-0.15, -0.1) is 0 Å². The lowest BCUT2D eigenvalue weighted by molar-refractivity contribution is -0.385. The Balaban J connectivity index is 3.03. The topological polar surface area (TPSA) is 82.0 Å². The minimum Gasteiger partial charge on any atom is -0.330 e. The van der Waals surface area contributed by atoms with Crippen molar-refractivity contribution in [2.45, 2.75) is 6.42 Å². The van der Waals surface area contributed by atoms with Crippen LogP contribution in [0.5, 0.6) is 0 Å². The first-order valence-corrected chi connectivity index (χ1v) is 4.02. The molecule has 1 aromatic heterocycles. The Labute approximate surface area is 79.7 Å². The van der Waals surface area contributed by atoms with Crippen LogP contribution < -0.4 is 5.73 Å². The van der Waals surface area contributed by atoms with Gasteiger partial charge in [-0.1, -0.05) is 11.6 Å². The minimum atomic E-state index is -0.506. The summed E-state index contributed by atoms with van der Waals surface area (Å²) in [4.78, 5) is 13.8. The largest absolute Gasteiger partial charge is 0.330 e. The van der Waals surface area contributed by atoms with Crippen LogP contribution in [0.15, 0.2) is 12.1 Å². The van der Waals surface area contributed by atoms with Crippen LogP contribution in [0.25, 0.3) is 0 Å². The summed E-state index contributed by atoms with van der Waals surface area (Å²) in [6.07, 6.45) is 0.488. The number of nitro groups is 1. The summed E-state index contributed by atoms with van der Waals surface area (Å²) in [5, 5.41) is 10.5. The van der Waals surface area contributed by atoms with Gasteiger partial charge in [-0.05, 0) is 6.54 Å². The third-order valence-corrected chi connectivity index (χ3v) is 1.64. The second-order valence-electron chi connectivity index (χ2n) is 2.44. The monoisotopic (exact) mass is 201 g/mol. The fraction of sp³-hybridized carbons (Fsp3) is 0.286. The Bertz CT molecular complexity index is 330. The van der Waals surface area contributed by atoms with Crippen molar-refractivity contribution in [2.75, 3.05) is 6.54 Å². The molecule has 0 spiro atoms. The van der Waals surface area contributed by atoms with Gasteiger partial charge in [0.1, 0.15) is 5.15 Å². The Morgan fingerprint density at radius 3 is 2.85 bits per heavy atom. The molecule has 0 bridgehead atoms. The molecule has 6 heteroatoms. The third-order valence-electron chi connectivity index (χ3n) is 1.44. The molecule has 0 aromatic carbocycles. The number of rotatable bonds is 3. The molecule has 0 unspecified atom stereocenters. The summed E-state index contributed by atoms with van der Waals surface area (Å²) in [7, 11) is 0. The van der Waals surface area contributed by atoms with E-state index in [1.54, 1.807) is 0 Å². The van der Waals surface area contributed by atoms with E-state index in [2.05, 4.69) is 4.98 Å². The molecule has 0 atom stereocenters. The normalized spacial score (nSPS) is 10.0. The van der Waals surface area contributed by atoms with E-state index in [-0.39, 0.29) is 10.8 Å². The van der Waals surface area contributed by atoms with Crippen LogP contribution in [0.4, 0.5) is 5.69 Å². The van der Waals surface area contributed by atoms with E-state index in [4.69, 9.17) is 17.3 Å². The molecule has 0 saturated carbocycles. The van der Waals surface area contributed by atoms with Crippen molar-refractivity contribution in [1.29, 1.82) is 0 Å². The Hall–Kier alpha value is -1.20. The molecule has 5 nitrogen and oxygen atoms in total. The van der Waals surface area contributed by atoms with Gasteiger partial charge in [-0.25, -0.2) is 4.98 Å². The van der Waals surface area contributed by atoms with Crippen LogP contribution >= 0.6 is 11.6 Å². The van der Waals surface area contributed by atoms with Crippen LogP contribution in [-0.2, 0) is 6.42 Å². The zero-order valence-corrected chi connectivity index (χ0v) is 7.49. The first-order valence-electron chi connectivity index (χ1n) is 3.64. The molecular weight excluding hydrogens is 194 g/mol. The fourth-order valence-corrected chi connectivity index (χ4v) is 1.14. The number of nitrogens with zero attached hydrogens (tertiary/aromatic N) is 2. The van der Waals surface area contributed by atoms with Crippen molar-refractivity contribution in [2.24, 2.45) is 5.73 Å². The lowest BCUT2D eigenvalue weighted by Crippen LogP contribution is -2.05. The molecule has 0 radical (unpaired) electrons. The van der Waals surface area contributed by atoms with Crippen molar-refractivity contribution in [1.82, 2.24) is 4.98 Å². The molecule has 1 aromatic rings. The lowest BCUT2D eigenvalue weighted by atomic mass is 10.2. The van der Waals surface area contributed by atoms with Gasteiger partial charge in [0.2, 0.25) is 0 Å². The maximum absolute atomic E-state index is 10.4. The van der Waals surface area contributed by atoms with E-state index >= 15 is 0 Å². The van der Waals surface area contributed by atoms with Gasteiger partial charge < -0.3 is 5.73 Å². The number of hydrogen-bond acceptors (Lipinski definition) is 4. The summed E-state index contributed by atoms with van der Waals surface area (Å²) in [6.45, 7) is 0.393. The number of aromatic nitrogens is 1. The Morgan fingerprint density at radius 1 is 1.62 bits per heavy atom. The highest BCUT2D eigenvalue weighted by molar-refractivity contribution is 6.29. The first-order chi connectivity index (χ1) is 6.13. The highest BCUT2D eigenvalue weighted by Gasteiger charge is 2.09. The number of nitrogens with two attached hydrogens (primary N) is 1. The van der Waals surface area contributed by atoms with Crippen LogP contribution in [0.2, 0.25) is 5.15 Å². The molecule has 1 heterocycles. The van der Waals surface area contributed by atoms with Crippen LogP contribution in [0, 0.1) is 10.1 Å². The highest BCUT2D eigenvalue weighted by Crippen LogP contribution is 2.17. The van der Waals surface area contributed by atoms with Gasteiger partial charge in [0, 0.05) is 12.5 Å². The molecule has 0 aliphatic carbocycles. The van der Waals surface area contributed by atoms with Gasteiger partial charge in [-0.2, -0.15) is 0 Å². The maximum atomic E-state index is 10.4. The van der Waals surface area contributed by atoms with Gasteiger partial charge in [0.05, 0.1) is 16.7 Å². The second-order valence-corrected chi connectivity index (χ2v) is 2.82. The smallest absolute Gasteiger partial charge is 0.274 e. The zero-order chi connectivity index (χ0) is 9.84. The average Bonchev–Trinajstić information content (AvgIpc) is 2.03. The van der Waals surface area contributed by atoms with Gasteiger partial charge in [0.15, 0.2) is 0 Å². The van der Waals surface area contributed by atoms with Gasteiger partial charge >= 0.3 is 0 Å². The van der Waals surface area contributed by atoms with Gasteiger partial charge in [-0.3, -0.25) is 10.1 Å². The summed E-state index contributed by atoms with van der Waals surface area (Å²) in [5.41, 5.74) is 5.77. The van der Waals surface area contributed by atoms with E-state index in [1.807, 2.05) is 0 Å². The van der Waals surface area contributed by atoms with Crippen LogP contribution in [0.1, 0.15) is 5.69 Å². The quantitative estimate of drug-likeness (QED) is 0.452. The summed E-state index contributed by atoms with van der Waals surface area (Å²) in [5.74, 6) is 0. The fourth-order valence-electron chi connectivity index (χ4n) is 0.918. The number of pyridine rings is 1. The van der Waals surface area contributed by atoms with Crippen molar-refractivity contribution in [3.8, 4) is 0 Å². The van der Waals surface area contributed by atoms with E-state index in [0.717, 1.165) is 0 Å². The second kappa shape index (κ2) is 4.15. The van der Waals surface area contributed by atoms with Crippen LogP contribution in [0.3, 0.4) is 0 Å². The predicted molar refractivity (Wildman–Crippen MR) is 48.7 cm³/mol. The average molecular weight is 202 g/mol. The minimum absolute atomic E-state index is 0.0524. The Morgan fingerprint density at radius 2 is 2.31 bits per heavy atom. The summed E-state index contributed by atoms with van der Waals surface area (Å²) >= 11 is 5.57. The Kier molecular flexibility index (Phi) is 3.16. The van der Waals surface area contributed by atoms with E-state index < -0.39 is 4.92 Å². The molecule has 70 valence electrons. The first kappa shape index (κ1) is 9.88. The molecule has 0 amide bonds. The summed E-state index contributed by atoms with van der Waals surface area (Å²) in [6, 6.07) is 2.58. The molecule has 0 aliphatic rings. The zero-order valence-electron chi connectivity index (χ0n) is 6.74. The van der Waals surface area contributed by atoms with Crippen molar-refractivity contribution < 1.29 is 4.92 Å². The summed E-state index contributed by atoms with van der Waals surface area (Å²) < 4.78 is 0. The van der Waals surface area contributed by atoms with E-state index in [9.17, 15) is 10.1 Å². The highest BCUT2D eigenvalue weighted by atomic mass is 35.5. The van der Waals surface area contributed by atoms with E-state index in [1.165, 1.54) is 12.1 Å². The number of hydrogen-bond donors (Lipinski definition) is 1. The van der Waals surface area contributed by atoms with E-state index in [0.29, 0.717) is 18.7 Å². The SMILES string of the molecule is NCCc1cc([N+](=O)[O-])cc(Cl)n1. The molecule has 0 saturated heterocycles.